The summed E-state index contributed by atoms with van der Waals surface area (Å²) in [5, 5.41) is 0. The van der Waals surface area contributed by atoms with E-state index in [4.69, 9.17) is 9.97 Å². The van der Waals surface area contributed by atoms with Crippen molar-refractivity contribution in [2.75, 3.05) is 19.8 Å². The van der Waals surface area contributed by atoms with Crippen molar-refractivity contribution in [1.29, 1.82) is 0 Å². The van der Waals surface area contributed by atoms with Crippen LogP contribution in [0.1, 0.15) is 39.5 Å². The van der Waals surface area contributed by atoms with E-state index in [1.54, 1.807) is 12.4 Å². The fourth-order valence-electron chi connectivity index (χ4n) is 7.51. The number of nitrogens with zero attached hydrogens (tertiary/aromatic N) is 8. The van der Waals surface area contributed by atoms with Crippen LogP contribution in [0.25, 0.3) is 67.5 Å². The summed E-state index contributed by atoms with van der Waals surface area (Å²) in [4.78, 5) is 27.5. The Morgan fingerprint density at radius 3 is 1.12 bits per heavy atom. The van der Waals surface area contributed by atoms with E-state index in [9.17, 15) is 25.2 Å². The van der Waals surface area contributed by atoms with E-state index in [2.05, 4.69) is 142 Å². The van der Waals surface area contributed by atoms with Crippen molar-refractivity contribution >= 4 is 7.81 Å². The first kappa shape index (κ1) is 60.4. The molecule has 396 valence electrons. The Balaban J connectivity index is 0.000000197. The zero-order valence-corrected chi connectivity index (χ0v) is 47.1. The van der Waals surface area contributed by atoms with E-state index in [0.29, 0.717) is 0 Å². The molecule has 0 amide bonds. The summed E-state index contributed by atoms with van der Waals surface area (Å²) in [5.41, 5.74) is 11.8. The van der Waals surface area contributed by atoms with Crippen molar-refractivity contribution < 1.29 is 67.3 Å². The second-order valence-corrected chi connectivity index (χ2v) is 19.0. The summed E-state index contributed by atoms with van der Waals surface area (Å²) in [5.74, 6) is 0. The molecule has 8 aromatic rings. The van der Waals surface area contributed by atoms with Crippen molar-refractivity contribution in [3.05, 3.63) is 233 Å². The Morgan fingerprint density at radius 2 is 0.776 bits per heavy atom. The number of benzene rings is 4. The summed E-state index contributed by atoms with van der Waals surface area (Å²) in [6.45, 7) is 12.0. The fourth-order valence-corrected chi connectivity index (χ4v) is 7.51. The van der Waals surface area contributed by atoms with Crippen molar-refractivity contribution in [2.45, 2.75) is 39.5 Å². The number of halogens is 6. The van der Waals surface area contributed by atoms with Gasteiger partial charge in [0.25, 0.3) is 0 Å². The van der Waals surface area contributed by atoms with Crippen LogP contribution in [-0.2, 0) is 42.1 Å². The predicted octanol–water partition coefficient (Wildman–Crippen LogP) is 16.9. The Hall–Kier alpha value is -6.45. The second-order valence-electron chi connectivity index (χ2n) is 17.1. The minimum atomic E-state index is -10.7. The quantitative estimate of drug-likeness (QED) is 0.0606. The first-order valence-corrected chi connectivity index (χ1v) is 26.2. The SMILES string of the molecule is CCCCN1C=CN(CN2C=CN(CCCC)[CH-]2)[CH-]1.F[P-](F)(F)(F)(F)F.[Pt+4].[Pt+4].[c-]1ccccc1-c1cc(-c2ccccc2)cc(-c2ccccn2)n1.[c-]1ccccc1-c1cc(-c2ccccc2)cc(-c2ccccn2)n1. The van der Waals surface area contributed by atoms with Crippen LogP contribution in [0.5, 0.6) is 0 Å². The molecule has 76 heavy (non-hydrogen) atoms. The van der Waals surface area contributed by atoms with Gasteiger partial charge in [0, 0.05) is 19.1 Å². The first-order valence-electron chi connectivity index (χ1n) is 24.1. The summed E-state index contributed by atoms with van der Waals surface area (Å²) in [7, 11) is -10.7. The molecule has 0 N–H and O–H groups in total. The van der Waals surface area contributed by atoms with E-state index in [-0.39, 0.29) is 42.1 Å². The van der Waals surface area contributed by atoms with Gasteiger partial charge in [-0.3, -0.25) is 19.9 Å². The minimum absolute atomic E-state index is 0. The van der Waals surface area contributed by atoms with Crippen LogP contribution >= 0.6 is 7.81 Å². The molecule has 0 aliphatic carbocycles. The molecule has 8 nitrogen and oxygen atoms in total. The Bertz CT molecular complexity index is 2540. The summed E-state index contributed by atoms with van der Waals surface area (Å²) >= 11 is 0. The van der Waals surface area contributed by atoms with E-state index in [1.165, 1.54) is 25.7 Å². The summed E-state index contributed by atoms with van der Waals surface area (Å²) in [6.07, 6.45) is 17.2. The third-order valence-corrected chi connectivity index (χ3v) is 11.0. The topological polar surface area (TPSA) is 64.5 Å². The standard InChI is InChI=1S/2C22H15N2.C15H26N4.F6P.2Pt/c2*1-3-9-17(10-4-1)19-15-21(18-11-5-2-6-12-18)24-22(16-19)20-13-7-8-14-23-20;1-3-5-7-16-9-11-18(13-16)15-19-12-10-17(14-19)8-6-4-2;1-7(2,3,4,5)6;;/h2*1-11,13-16H;9-14H,3-8,15H2,1-2H3;;;/q2*-1;-2;-1;2*+4. The van der Waals surface area contributed by atoms with Crippen molar-refractivity contribution in [1.82, 2.24) is 39.5 Å². The van der Waals surface area contributed by atoms with Gasteiger partial charge in [-0.1, -0.05) is 112 Å². The fraction of sp³-hybridized carbons (Fsp3) is 0.153. The number of unbranched alkanes of at least 4 members (excludes halogenated alkanes) is 2. The number of aromatic nitrogens is 4. The van der Waals surface area contributed by atoms with Crippen LogP contribution in [-0.4, -0.2) is 59.3 Å². The molecule has 2 aliphatic heterocycles. The largest absolute Gasteiger partial charge is 4.00 e. The maximum atomic E-state index is 9.87. The Labute approximate surface area is 471 Å². The van der Waals surface area contributed by atoms with Gasteiger partial charge in [-0.25, -0.2) is 0 Å². The average Bonchev–Trinajstić information content (AvgIpc) is 4.09. The van der Waals surface area contributed by atoms with Crippen LogP contribution in [0.2, 0.25) is 0 Å². The molecule has 17 heteroatoms. The number of hydrogen-bond donors (Lipinski definition) is 0. The predicted molar refractivity (Wildman–Crippen MR) is 287 cm³/mol. The molecule has 6 heterocycles. The van der Waals surface area contributed by atoms with Crippen molar-refractivity contribution in [3.63, 3.8) is 0 Å². The molecule has 0 atom stereocenters. The van der Waals surface area contributed by atoms with Crippen LogP contribution in [0.3, 0.4) is 0 Å². The number of rotatable bonds is 14. The minimum Gasteiger partial charge on any atom is -0.295 e. The monoisotopic (exact) mass is 1410 g/mol. The number of hydrogen-bond acceptors (Lipinski definition) is 8. The second kappa shape index (κ2) is 28.1. The zero-order chi connectivity index (χ0) is 52.3. The van der Waals surface area contributed by atoms with Gasteiger partial charge in [0.1, 0.15) is 0 Å². The van der Waals surface area contributed by atoms with Gasteiger partial charge in [-0.15, -0.1) is 71.8 Å². The van der Waals surface area contributed by atoms with E-state index in [0.717, 1.165) is 87.3 Å². The molecule has 0 saturated heterocycles. The molecular formula is C59H56F6N8PPt2+3. The molecule has 2 aliphatic rings. The molecule has 0 unspecified atom stereocenters. The molecular weight excluding hydrogens is 1360 g/mol. The third kappa shape index (κ3) is 20.9. The molecule has 0 spiro atoms. The number of pyridine rings is 4. The molecule has 0 saturated carbocycles. The molecule has 0 bridgehead atoms. The Morgan fingerprint density at radius 1 is 0.421 bits per heavy atom. The molecule has 0 radical (unpaired) electrons. The van der Waals surface area contributed by atoms with E-state index >= 15 is 0 Å². The first-order chi connectivity index (χ1) is 35.6. The van der Waals surface area contributed by atoms with Crippen LogP contribution in [0.4, 0.5) is 25.2 Å². The third-order valence-electron chi connectivity index (χ3n) is 11.0. The average molecular weight is 1410 g/mol. The summed E-state index contributed by atoms with van der Waals surface area (Å²) < 4.78 is 59.2. The maximum Gasteiger partial charge on any atom is 4.00 e. The summed E-state index contributed by atoms with van der Waals surface area (Å²) in [6, 6.07) is 63.1. The van der Waals surface area contributed by atoms with Crippen LogP contribution in [0.15, 0.2) is 207 Å². The van der Waals surface area contributed by atoms with Gasteiger partial charge in [0.05, 0.1) is 22.8 Å². The molecule has 4 aromatic carbocycles. The van der Waals surface area contributed by atoms with E-state index in [1.807, 2.05) is 121 Å². The smallest absolute Gasteiger partial charge is 0.295 e. The molecule has 10 rings (SSSR count). The van der Waals surface area contributed by atoms with Gasteiger partial charge < -0.3 is 19.6 Å². The van der Waals surface area contributed by atoms with Crippen LogP contribution < -0.4 is 0 Å². The van der Waals surface area contributed by atoms with Crippen molar-refractivity contribution in [3.8, 4) is 67.5 Å². The van der Waals surface area contributed by atoms with Crippen molar-refractivity contribution in [2.24, 2.45) is 0 Å². The van der Waals surface area contributed by atoms with Gasteiger partial charge >= 0.3 is 75.1 Å². The van der Waals surface area contributed by atoms with Gasteiger partial charge in [0.15, 0.2) is 0 Å². The van der Waals surface area contributed by atoms with E-state index < -0.39 is 7.81 Å². The van der Waals surface area contributed by atoms with Gasteiger partial charge in [-0.2, -0.15) is 13.3 Å². The van der Waals surface area contributed by atoms with Gasteiger partial charge in [-0.05, 0) is 121 Å². The van der Waals surface area contributed by atoms with Gasteiger partial charge in [0.2, 0.25) is 0 Å². The normalized spacial score (nSPS) is 13.3. The maximum absolute atomic E-state index is 10.7. The molecule has 0 fully saturated rings. The zero-order valence-electron chi connectivity index (χ0n) is 41.7. The molecule has 4 aromatic heterocycles. The Kier molecular flexibility index (Phi) is 22.3. The van der Waals surface area contributed by atoms with Crippen LogP contribution in [0, 0.1) is 25.5 Å².